The van der Waals surface area contributed by atoms with Crippen LogP contribution in [0.5, 0.6) is 0 Å². The second-order valence-electron chi connectivity index (χ2n) is 2.38. The molecule has 2 aromatic rings. The van der Waals surface area contributed by atoms with Crippen LogP contribution in [0.25, 0.3) is 5.69 Å². The maximum absolute atomic E-state index is 10.4. The summed E-state index contributed by atoms with van der Waals surface area (Å²) in [6.45, 7) is 4.00. The standard InChI is InChI=1S/C8H6N4O.C2H6.CH4O/c13-6-7-5-8(1-2-9-7)12-10-3-4-11-12;2*1-2/h1-6H;1-2H3;2H,1H3. The predicted molar refractivity (Wildman–Crippen MR) is 64.0 cm³/mol. The molecule has 17 heavy (non-hydrogen) atoms. The summed E-state index contributed by atoms with van der Waals surface area (Å²) in [5.74, 6) is 0. The average Bonchev–Trinajstić information content (AvgIpc) is 2.97. The van der Waals surface area contributed by atoms with E-state index in [1.807, 2.05) is 13.8 Å². The minimum Gasteiger partial charge on any atom is -0.400 e. The molecule has 2 rings (SSSR count). The first-order valence-corrected chi connectivity index (χ1v) is 5.13. The molecule has 1 N–H and O–H groups in total. The molecular weight excluding hydrogens is 220 g/mol. The predicted octanol–water partition coefficient (Wildman–Crippen LogP) is 1.11. The zero-order chi connectivity index (χ0) is 13.1. The Morgan fingerprint density at radius 1 is 1.18 bits per heavy atom. The minimum absolute atomic E-state index is 0.370. The molecule has 2 heterocycles. The molecule has 0 aliphatic heterocycles. The molecule has 0 aromatic carbocycles. The summed E-state index contributed by atoms with van der Waals surface area (Å²) >= 11 is 0. The van der Waals surface area contributed by atoms with Gasteiger partial charge in [-0.2, -0.15) is 15.0 Å². The Bertz CT molecular complexity index is 415. The summed E-state index contributed by atoms with van der Waals surface area (Å²) in [6, 6.07) is 3.35. The Hall–Kier alpha value is -2.08. The molecule has 0 radical (unpaired) electrons. The van der Waals surface area contributed by atoms with Crippen LogP contribution in [0.1, 0.15) is 24.3 Å². The number of rotatable bonds is 2. The number of pyridine rings is 1. The minimum atomic E-state index is 0.370. The van der Waals surface area contributed by atoms with Gasteiger partial charge in [-0.15, -0.1) is 0 Å². The van der Waals surface area contributed by atoms with Crippen LogP contribution in [0.4, 0.5) is 0 Å². The quantitative estimate of drug-likeness (QED) is 0.790. The highest BCUT2D eigenvalue weighted by molar-refractivity contribution is 5.72. The van der Waals surface area contributed by atoms with Crippen molar-refractivity contribution in [2.45, 2.75) is 13.8 Å². The van der Waals surface area contributed by atoms with Gasteiger partial charge in [-0.3, -0.25) is 9.78 Å². The molecule has 0 bridgehead atoms. The summed E-state index contributed by atoms with van der Waals surface area (Å²) in [7, 11) is 1.00. The van der Waals surface area contributed by atoms with Crippen molar-refractivity contribution < 1.29 is 9.90 Å². The number of aliphatic hydroxyl groups excluding tert-OH is 1. The summed E-state index contributed by atoms with van der Waals surface area (Å²) in [4.78, 5) is 15.7. The van der Waals surface area contributed by atoms with Crippen molar-refractivity contribution in [1.82, 2.24) is 20.0 Å². The summed E-state index contributed by atoms with van der Waals surface area (Å²) in [5, 5.41) is 14.8. The molecule has 0 aliphatic carbocycles. The normalized spacial score (nSPS) is 8.24. The van der Waals surface area contributed by atoms with E-state index in [1.165, 1.54) is 4.80 Å². The van der Waals surface area contributed by atoms with Gasteiger partial charge in [-0.05, 0) is 12.1 Å². The lowest BCUT2D eigenvalue weighted by Gasteiger charge is -1.97. The lowest BCUT2D eigenvalue weighted by molar-refractivity contribution is 0.111. The zero-order valence-corrected chi connectivity index (χ0v) is 10.1. The smallest absolute Gasteiger partial charge is 0.168 e. The number of hydrogen-bond donors (Lipinski definition) is 1. The zero-order valence-electron chi connectivity index (χ0n) is 10.1. The number of hydrogen-bond acceptors (Lipinski definition) is 5. The molecule has 6 heteroatoms. The van der Waals surface area contributed by atoms with E-state index in [-0.39, 0.29) is 0 Å². The van der Waals surface area contributed by atoms with Crippen molar-refractivity contribution in [3.05, 3.63) is 36.4 Å². The van der Waals surface area contributed by atoms with Gasteiger partial charge < -0.3 is 5.11 Å². The number of aromatic nitrogens is 4. The summed E-state index contributed by atoms with van der Waals surface area (Å²) in [5.41, 5.74) is 1.09. The highest BCUT2D eigenvalue weighted by atomic mass is 16.2. The average molecular weight is 236 g/mol. The van der Waals surface area contributed by atoms with Crippen LogP contribution in [0, 0.1) is 0 Å². The summed E-state index contributed by atoms with van der Waals surface area (Å²) < 4.78 is 0. The van der Waals surface area contributed by atoms with Crippen LogP contribution in [-0.2, 0) is 0 Å². The van der Waals surface area contributed by atoms with E-state index in [0.29, 0.717) is 12.0 Å². The van der Waals surface area contributed by atoms with E-state index in [2.05, 4.69) is 15.2 Å². The SMILES string of the molecule is CC.CO.O=Cc1cc(-n2nccn2)ccn1. The van der Waals surface area contributed by atoms with Crippen molar-refractivity contribution in [3.8, 4) is 5.69 Å². The van der Waals surface area contributed by atoms with Gasteiger partial charge in [0.15, 0.2) is 6.29 Å². The van der Waals surface area contributed by atoms with E-state index in [0.717, 1.165) is 12.8 Å². The third-order valence-electron chi connectivity index (χ3n) is 1.54. The monoisotopic (exact) mass is 236 g/mol. The molecule has 0 spiro atoms. The first-order chi connectivity index (χ1) is 8.40. The molecule has 92 valence electrons. The lowest BCUT2D eigenvalue weighted by Crippen LogP contribution is -1.99. The number of aliphatic hydroxyl groups is 1. The fourth-order valence-corrected chi connectivity index (χ4v) is 0.975. The van der Waals surface area contributed by atoms with Crippen LogP contribution >= 0.6 is 0 Å². The second-order valence-corrected chi connectivity index (χ2v) is 2.38. The Balaban J connectivity index is 0.000000581. The van der Waals surface area contributed by atoms with Gasteiger partial charge in [-0.1, -0.05) is 13.8 Å². The number of carbonyl (C=O) groups is 1. The Kier molecular flexibility index (Phi) is 8.05. The van der Waals surface area contributed by atoms with Crippen LogP contribution in [-0.4, -0.2) is 38.5 Å². The van der Waals surface area contributed by atoms with Crippen molar-refractivity contribution >= 4 is 6.29 Å². The Morgan fingerprint density at radius 3 is 2.29 bits per heavy atom. The molecule has 0 unspecified atom stereocenters. The number of carbonyl (C=O) groups excluding carboxylic acids is 1. The van der Waals surface area contributed by atoms with Crippen molar-refractivity contribution in [1.29, 1.82) is 0 Å². The van der Waals surface area contributed by atoms with Crippen molar-refractivity contribution in [2.75, 3.05) is 7.11 Å². The lowest BCUT2D eigenvalue weighted by atomic mass is 10.3. The van der Waals surface area contributed by atoms with Crippen LogP contribution in [0.2, 0.25) is 0 Å². The third kappa shape index (κ3) is 4.52. The number of aldehydes is 1. The highest BCUT2D eigenvalue weighted by Gasteiger charge is 1.98. The van der Waals surface area contributed by atoms with Gasteiger partial charge in [0.1, 0.15) is 5.69 Å². The molecule has 2 aromatic heterocycles. The van der Waals surface area contributed by atoms with E-state index < -0.39 is 0 Å². The molecular formula is C11H16N4O2. The van der Waals surface area contributed by atoms with E-state index in [9.17, 15) is 4.79 Å². The maximum atomic E-state index is 10.4. The van der Waals surface area contributed by atoms with E-state index in [4.69, 9.17) is 5.11 Å². The fraction of sp³-hybridized carbons (Fsp3) is 0.273. The van der Waals surface area contributed by atoms with E-state index >= 15 is 0 Å². The van der Waals surface area contributed by atoms with Gasteiger partial charge in [0, 0.05) is 13.3 Å². The first-order valence-electron chi connectivity index (χ1n) is 5.13. The largest absolute Gasteiger partial charge is 0.400 e. The molecule has 0 saturated heterocycles. The second kappa shape index (κ2) is 9.17. The van der Waals surface area contributed by atoms with Gasteiger partial charge in [-0.25, -0.2) is 0 Å². The molecule has 0 atom stereocenters. The Labute approximate surface area is 99.9 Å². The summed E-state index contributed by atoms with van der Waals surface area (Å²) in [6.07, 6.45) is 5.37. The van der Waals surface area contributed by atoms with Gasteiger partial charge in [0.2, 0.25) is 0 Å². The van der Waals surface area contributed by atoms with Crippen LogP contribution in [0.15, 0.2) is 30.7 Å². The van der Waals surface area contributed by atoms with Crippen molar-refractivity contribution in [3.63, 3.8) is 0 Å². The first kappa shape index (κ1) is 14.9. The van der Waals surface area contributed by atoms with Crippen LogP contribution in [0.3, 0.4) is 0 Å². The molecule has 0 fully saturated rings. The van der Waals surface area contributed by atoms with Gasteiger partial charge in [0.25, 0.3) is 0 Å². The highest BCUT2D eigenvalue weighted by Crippen LogP contribution is 2.03. The van der Waals surface area contributed by atoms with Crippen molar-refractivity contribution in [2.24, 2.45) is 0 Å². The molecule has 0 aliphatic rings. The Morgan fingerprint density at radius 2 is 1.76 bits per heavy atom. The maximum Gasteiger partial charge on any atom is 0.168 e. The topological polar surface area (TPSA) is 80.9 Å². The molecule has 0 saturated carbocycles. The van der Waals surface area contributed by atoms with Gasteiger partial charge in [0.05, 0.1) is 18.1 Å². The van der Waals surface area contributed by atoms with Gasteiger partial charge >= 0.3 is 0 Å². The fourth-order valence-electron chi connectivity index (χ4n) is 0.975. The molecule has 6 nitrogen and oxygen atoms in total. The van der Waals surface area contributed by atoms with E-state index in [1.54, 1.807) is 30.7 Å². The number of nitrogens with zero attached hydrogens (tertiary/aromatic N) is 4. The third-order valence-corrected chi connectivity index (χ3v) is 1.54. The van der Waals surface area contributed by atoms with Crippen LogP contribution < -0.4 is 0 Å². The molecule has 0 amide bonds.